The molecule has 1 aliphatic heterocycles. The summed E-state index contributed by atoms with van der Waals surface area (Å²) < 4.78 is 2.14. The second kappa shape index (κ2) is 7.42. The summed E-state index contributed by atoms with van der Waals surface area (Å²) in [5.74, 6) is 0.752. The zero-order valence-corrected chi connectivity index (χ0v) is 13.6. The highest BCUT2D eigenvalue weighted by Crippen LogP contribution is 2.19. The van der Waals surface area contributed by atoms with E-state index in [4.69, 9.17) is 0 Å². The number of carbonyl (C=O) groups is 1. The van der Waals surface area contributed by atoms with Crippen LogP contribution in [0.2, 0.25) is 0 Å². The van der Waals surface area contributed by atoms with Crippen LogP contribution in [0.1, 0.15) is 18.4 Å². The number of piperidine rings is 1. The summed E-state index contributed by atoms with van der Waals surface area (Å²) in [6, 6.07) is 7.92. The van der Waals surface area contributed by atoms with Gasteiger partial charge < -0.3 is 9.88 Å². The molecule has 5 heteroatoms. The quantitative estimate of drug-likeness (QED) is 0.923. The lowest BCUT2D eigenvalue weighted by molar-refractivity contribution is -0.117. The molecule has 1 fully saturated rings. The first-order valence-corrected chi connectivity index (χ1v) is 8.23. The number of anilines is 1. The summed E-state index contributed by atoms with van der Waals surface area (Å²) >= 11 is 0. The molecule has 0 radical (unpaired) electrons. The van der Waals surface area contributed by atoms with Crippen molar-refractivity contribution in [2.45, 2.75) is 26.3 Å². The maximum absolute atomic E-state index is 12.1. The molecular weight excluding hydrogens is 288 g/mol. The Morgan fingerprint density at radius 1 is 1.26 bits per heavy atom. The highest BCUT2D eigenvalue weighted by Gasteiger charge is 2.21. The van der Waals surface area contributed by atoms with Gasteiger partial charge in [0, 0.05) is 24.6 Å². The molecule has 23 heavy (non-hydrogen) atoms. The number of aromatic nitrogens is 2. The minimum atomic E-state index is 0.0712. The van der Waals surface area contributed by atoms with E-state index in [1.54, 1.807) is 0 Å². The average Bonchev–Trinajstić information content (AvgIpc) is 3.04. The molecule has 1 aromatic carbocycles. The second-order valence-electron chi connectivity index (χ2n) is 6.39. The van der Waals surface area contributed by atoms with Gasteiger partial charge in [0.25, 0.3) is 0 Å². The first kappa shape index (κ1) is 15.7. The first-order valence-electron chi connectivity index (χ1n) is 8.23. The monoisotopic (exact) mass is 312 g/mol. The summed E-state index contributed by atoms with van der Waals surface area (Å²) in [5, 5.41) is 2.97. The topological polar surface area (TPSA) is 50.2 Å². The zero-order chi connectivity index (χ0) is 16.1. The number of benzene rings is 1. The predicted molar refractivity (Wildman–Crippen MR) is 91.2 cm³/mol. The number of carbonyl (C=O) groups excluding carboxylic acids is 1. The molecule has 0 atom stereocenters. The largest absolute Gasteiger partial charge is 0.337 e. The predicted octanol–water partition coefficient (Wildman–Crippen LogP) is 2.54. The van der Waals surface area contributed by atoms with E-state index in [-0.39, 0.29) is 5.91 Å². The van der Waals surface area contributed by atoms with Crippen molar-refractivity contribution in [3.8, 4) is 0 Å². The van der Waals surface area contributed by atoms with Crippen LogP contribution >= 0.6 is 0 Å². The van der Waals surface area contributed by atoms with Crippen molar-refractivity contribution >= 4 is 11.6 Å². The molecule has 1 aromatic heterocycles. The van der Waals surface area contributed by atoms with Gasteiger partial charge in [0.1, 0.15) is 0 Å². The lowest BCUT2D eigenvalue weighted by Gasteiger charge is -2.31. The fourth-order valence-corrected chi connectivity index (χ4v) is 3.06. The number of rotatable bonds is 5. The van der Waals surface area contributed by atoms with Crippen LogP contribution in [0.5, 0.6) is 0 Å². The molecular formula is C18H24N4O. The number of likely N-dealkylation sites (tertiary alicyclic amines) is 1. The number of nitrogens with one attached hydrogen (secondary N) is 1. The van der Waals surface area contributed by atoms with Crippen molar-refractivity contribution in [1.29, 1.82) is 0 Å². The molecule has 0 unspecified atom stereocenters. The van der Waals surface area contributed by atoms with Gasteiger partial charge in [-0.2, -0.15) is 0 Å². The van der Waals surface area contributed by atoms with Crippen molar-refractivity contribution in [1.82, 2.24) is 14.5 Å². The number of imidazole rings is 1. The van der Waals surface area contributed by atoms with Gasteiger partial charge in [-0.15, -0.1) is 0 Å². The van der Waals surface area contributed by atoms with E-state index < -0.39 is 0 Å². The Morgan fingerprint density at radius 3 is 2.65 bits per heavy atom. The van der Waals surface area contributed by atoms with E-state index in [9.17, 15) is 4.79 Å². The molecule has 1 aliphatic rings. The molecule has 2 aromatic rings. The first-order chi connectivity index (χ1) is 11.2. The van der Waals surface area contributed by atoms with Crippen molar-refractivity contribution in [2.24, 2.45) is 5.92 Å². The Hall–Kier alpha value is -2.14. The third-order valence-electron chi connectivity index (χ3n) is 4.44. The van der Waals surface area contributed by atoms with Gasteiger partial charge in [-0.05, 0) is 50.9 Å². The highest BCUT2D eigenvalue weighted by atomic mass is 16.2. The van der Waals surface area contributed by atoms with E-state index in [0.717, 1.165) is 38.2 Å². The number of hydrogen-bond acceptors (Lipinski definition) is 3. The summed E-state index contributed by atoms with van der Waals surface area (Å²) in [6.07, 6.45) is 7.99. The van der Waals surface area contributed by atoms with Crippen LogP contribution < -0.4 is 5.32 Å². The van der Waals surface area contributed by atoms with Crippen LogP contribution in [0.3, 0.4) is 0 Å². The minimum Gasteiger partial charge on any atom is -0.337 e. The van der Waals surface area contributed by atoms with Crippen LogP contribution in [0.4, 0.5) is 5.69 Å². The molecule has 2 heterocycles. The summed E-state index contributed by atoms with van der Waals surface area (Å²) in [4.78, 5) is 18.5. The number of amides is 1. The van der Waals surface area contributed by atoms with Gasteiger partial charge in [-0.1, -0.05) is 17.7 Å². The number of hydrogen-bond donors (Lipinski definition) is 1. The Bertz CT molecular complexity index is 613. The molecule has 5 nitrogen and oxygen atoms in total. The van der Waals surface area contributed by atoms with Crippen molar-refractivity contribution in [3.63, 3.8) is 0 Å². The second-order valence-corrected chi connectivity index (χ2v) is 6.39. The van der Waals surface area contributed by atoms with E-state index in [0.29, 0.717) is 12.5 Å². The molecule has 0 spiro atoms. The maximum Gasteiger partial charge on any atom is 0.238 e. The Kier molecular flexibility index (Phi) is 5.08. The molecule has 122 valence electrons. The van der Waals surface area contributed by atoms with E-state index in [1.807, 2.05) is 49.9 Å². The molecule has 0 saturated carbocycles. The smallest absolute Gasteiger partial charge is 0.238 e. The van der Waals surface area contributed by atoms with Gasteiger partial charge in [0.2, 0.25) is 5.91 Å². The summed E-state index contributed by atoms with van der Waals surface area (Å²) in [7, 11) is 0. The van der Waals surface area contributed by atoms with Crippen molar-refractivity contribution < 1.29 is 4.79 Å². The van der Waals surface area contributed by atoms with Gasteiger partial charge in [0.15, 0.2) is 0 Å². The Morgan fingerprint density at radius 2 is 2.00 bits per heavy atom. The lowest BCUT2D eigenvalue weighted by Crippen LogP contribution is -2.39. The fraction of sp³-hybridized carbons (Fsp3) is 0.444. The van der Waals surface area contributed by atoms with E-state index >= 15 is 0 Å². The third kappa shape index (κ3) is 4.66. The van der Waals surface area contributed by atoms with Gasteiger partial charge in [-0.25, -0.2) is 4.98 Å². The van der Waals surface area contributed by atoms with E-state index in [2.05, 4.69) is 19.8 Å². The third-order valence-corrected chi connectivity index (χ3v) is 4.44. The minimum absolute atomic E-state index is 0.0712. The van der Waals surface area contributed by atoms with E-state index in [1.165, 1.54) is 5.56 Å². The molecule has 1 N–H and O–H groups in total. The fourth-order valence-electron chi connectivity index (χ4n) is 3.06. The van der Waals surface area contributed by atoms with Gasteiger partial charge >= 0.3 is 0 Å². The molecule has 0 bridgehead atoms. The Labute approximate surface area is 137 Å². The van der Waals surface area contributed by atoms with Gasteiger partial charge in [-0.3, -0.25) is 9.69 Å². The normalized spacial score (nSPS) is 16.4. The average molecular weight is 312 g/mol. The standard InChI is InChI=1S/C18H24N4O/c1-15-2-4-17(5-3-15)20-18(23)13-21-9-6-16(7-10-21)12-22-11-8-19-14-22/h2-5,8,11,14,16H,6-7,9-10,12-13H2,1H3,(H,20,23). The maximum atomic E-state index is 12.1. The summed E-state index contributed by atoms with van der Waals surface area (Å²) in [6.45, 7) is 5.52. The van der Waals surface area contributed by atoms with Crippen LogP contribution in [0.25, 0.3) is 0 Å². The number of aryl methyl sites for hydroxylation is 1. The van der Waals surface area contributed by atoms with Crippen LogP contribution in [-0.4, -0.2) is 40.0 Å². The number of nitrogens with zero attached hydrogens (tertiary/aromatic N) is 3. The molecule has 1 saturated heterocycles. The van der Waals surface area contributed by atoms with Gasteiger partial charge in [0.05, 0.1) is 12.9 Å². The zero-order valence-electron chi connectivity index (χ0n) is 13.6. The lowest BCUT2D eigenvalue weighted by atomic mass is 9.97. The highest BCUT2D eigenvalue weighted by molar-refractivity contribution is 5.92. The van der Waals surface area contributed by atoms with Crippen LogP contribution in [0.15, 0.2) is 43.0 Å². The molecule has 1 amide bonds. The van der Waals surface area contributed by atoms with Crippen LogP contribution in [0, 0.1) is 12.8 Å². The Balaban J connectivity index is 1.41. The SMILES string of the molecule is Cc1ccc(NC(=O)CN2CCC(Cn3ccnc3)CC2)cc1. The van der Waals surface area contributed by atoms with Crippen LogP contribution in [-0.2, 0) is 11.3 Å². The van der Waals surface area contributed by atoms with Crippen molar-refractivity contribution in [2.75, 3.05) is 25.0 Å². The van der Waals surface area contributed by atoms with Crippen molar-refractivity contribution in [3.05, 3.63) is 48.5 Å². The molecule has 0 aliphatic carbocycles. The molecule has 3 rings (SSSR count). The summed E-state index contributed by atoms with van der Waals surface area (Å²) in [5.41, 5.74) is 2.07.